The molecule has 5 heteroatoms. The number of aliphatic hydroxyl groups is 1. The third-order valence-electron chi connectivity index (χ3n) is 4.59. The van der Waals surface area contributed by atoms with Crippen molar-refractivity contribution in [2.45, 2.75) is 58.3 Å². The van der Waals surface area contributed by atoms with Gasteiger partial charge in [-0.25, -0.2) is 0 Å². The smallest absolute Gasteiger partial charge is 0.208 e. The molecule has 1 rings (SSSR count). The van der Waals surface area contributed by atoms with E-state index in [1.807, 2.05) is 0 Å². The van der Waals surface area contributed by atoms with E-state index in [2.05, 4.69) is 0 Å². The Morgan fingerprint density at radius 3 is 1.83 bits per heavy atom. The average Bonchev–Trinajstić information content (AvgIpc) is 2.55. The maximum Gasteiger partial charge on any atom is 0.208 e. The number of unbranched alkanes of at least 4 members (excludes halogenated alkanes) is 6. The van der Waals surface area contributed by atoms with Gasteiger partial charge in [0.25, 0.3) is 0 Å². The van der Waals surface area contributed by atoms with Crippen LogP contribution in [0.4, 0.5) is 0 Å². The van der Waals surface area contributed by atoms with Crippen molar-refractivity contribution in [2.75, 3.05) is 20.8 Å². The number of methoxy groups -OCH3 is 2. The molecular formula is C18H30O5. The lowest BCUT2D eigenvalue weighted by atomic mass is 9.77. The van der Waals surface area contributed by atoms with E-state index in [1.165, 1.54) is 14.2 Å². The van der Waals surface area contributed by atoms with Gasteiger partial charge in [-0.2, -0.15) is 0 Å². The van der Waals surface area contributed by atoms with Crippen LogP contribution in [-0.4, -0.2) is 37.5 Å². The van der Waals surface area contributed by atoms with Crippen LogP contribution in [0, 0.1) is 11.8 Å². The Labute approximate surface area is 139 Å². The van der Waals surface area contributed by atoms with Crippen LogP contribution in [0.3, 0.4) is 0 Å². The monoisotopic (exact) mass is 326 g/mol. The largest absolute Gasteiger partial charge is 0.490 e. The quantitative estimate of drug-likeness (QED) is 0.591. The van der Waals surface area contributed by atoms with Crippen molar-refractivity contribution < 1.29 is 24.2 Å². The predicted molar refractivity (Wildman–Crippen MR) is 87.7 cm³/mol. The van der Waals surface area contributed by atoms with Crippen LogP contribution in [0.1, 0.15) is 58.3 Å². The summed E-state index contributed by atoms with van der Waals surface area (Å²) in [6.07, 6.45) is 8.10. The first-order chi connectivity index (χ1) is 11.1. The fraction of sp³-hybridized carbons (Fsp3) is 0.778. The van der Waals surface area contributed by atoms with Gasteiger partial charge in [-0.3, -0.25) is 9.59 Å². The lowest BCUT2D eigenvalue weighted by Gasteiger charge is -2.28. The molecule has 1 N–H and O–H groups in total. The summed E-state index contributed by atoms with van der Waals surface area (Å²) >= 11 is 0. The second-order valence-corrected chi connectivity index (χ2v) is 6.18. The predicted octanol–water partition coefficient (Wildman–Crippen LogP) is 3.01. The zero-order chi connectivity index (χ0) is 17.2. The molecule has 1 aliphatic rings. The molecule has 0 fully saturated rings. The Morgan fingerprint density at radius 1 is 0.826 bits per heavy atom. The number of hydrogen-bond acceptors (Lipinski definition) is 5. The minimum absolute atomic E-state index is 0.0603. The minimum atomic E-state index is -0.346. The number of allylic oxidation sites excluding steroid dienone is 2. The molecule has 0 aliphatic heterocycles. The Hall–Kier alpha value is -1.36. The molecule has 0 saturated carbocycles. The van der Waals surface area contributed by atoms with Gasteiger partial charge >= 0.3 is 0 Å². The van der Waals surface area contributed by atoms with Gasteiger partial charge < -0.3 is 14.6 Å². The first-order valence-electron chi connectivity index (χ1n) is 8.60. The lowest BCUT2D eigenvalue weighted by molar-refractivity contribution is -0.135. The molecule has 0 saturated heterocycles. The molecule has 0 aromatic carbocycles. The molecule has 2 unspecified atom stereocenters. The minimum Gasteiger partial charge on any atom is -0.490 e. The Kier molecular flexibility index (Phi) is 8.92. The molecule has 0 amide bonds. The summed E-state index contributed by atoms with van der Waals surface area (Å²) in [5.41, 5.74) is 0. The van der Waals surface area contributed by atoms with E-state index in [-0.39, 0.29) is 41.5 Å². The molecule has 23 heavy (non-hydrogen) atoms. The number of aliphatic hydroxyl groups excluding tert-OH is 1. The standard InChI is InChI=1S/C18H30O5/c1-13-14(11-9-7-5-4-6-8-10-12-19)16(21)18(23-3)17(22-2)15(13)20/h13-14,19H,4-12H2,1-3H3. The number of hydrogen-bond donors (Lipinski definition) is 1. The number of carbonyl (C=O) groups is 2. The lowest BCUT2D eigenvalue weighted by Crippen LogP contribution is -2.37. The third kappa shape index (κ3) is 5.34. The summed E-state index contributed by atoms with van der Waals surface area (Å²) in [7, 11) is 2.79. The van der Waals surface area contributed by atoms with Gasteiger partial charge in [0, 0.05) is 18.4 Å². The average molecular weight is 326 g/mol. The molecule has 0 spiro atoms. The highest BCUT2D eigenvalue weighted by Crippen LogP contribution is 2.33. The van der Waals surface area contributed by atoms with Gasteiger partial charge in [-0.05, 0) is 12.8 Å². The van der Waals surface area contributed by atoms with Gasteiger partial charge in [0.15, 0.2) is 0 Å². The second kappa shape index (κ2) is 10.4. The fourth-order valence-electron chi connectivity index (χ4n) is 3.14. The van der Waals surface area contributed by atoms with Crippen LogP contribution >= 0.6 is 0 Å². The number of Topliss-reactive ketones (excluding diaryl/α,β-unsaturated/α-hetero) is 2. The molecule has 0 heterocycles. The molecule has 0 aromatic rings. The van der Waals surface area contributed by atoms with Crippen LogP contribution in [0.15, 0.2) is 11.5 Å². The highest BCUT2D eigenvalue weighted by atomic mass is 16.5. The molecule has 0 aromatic heterocycles. The maximum absolute atomic E-state index is 12.5. The third-order valence-corrected chi connectivity index (χ3v) is 4.59. The number of ether oxygens (including phenoxy) is 2. The molecule has 132 valence electrons. The van der Waals surface area contributed by atoms with Crippen molar-refractivity contribution >= 4 is 11.6 Å². The van der Waals surface area contributed by atoms with Crippen LogP contribution in [0.5, 0.6) is 0 Å². The van der Waals surface area contributed by atoms with Crippen molar-refractivity contribution in [2.24, 2.45) is 11.8 Å². The van der Waals surface area contributed by atoms with E-state index in [4.69, 9.17) is 14.6 Å². The second-order valence-electron chi connectivity index (χ2n) is 6.18. The van der Waals surface area contributed by atoms with Gasteiger partial charge in [0.1, 0.15) is 0 Å². The highest BCUT2D eigenvalue weighted by Gasteiger charge is 2.42. The zero-order valence-corrected chi connectivity index (χ0v) is 14.6. The molecule has 5 nitrogen and oxygen atoms in total. The van der Waals surface area contributed by atoms with Crippen LogP contribution in [0.25, 0.3) is 0 Å². The molecule has 1 aliphatic carbocycles. The molecular weight excluding hydrogens is 296 g/mol. The topological polar surface area (TPSA) is 72.8 Å². The van der Waals surface area contributed by atoms with Crippen LogP contribution < -0.4 is 0 Å². The Balaban J connectivity index is 2.44. The zero-order valence-electron chi connectivity index (χ0n) is 14.6. The summed E-state index contributed by atoms with van der Waals surface area (Å²) in [5, 5.41) is 8.72. The van der Waals surface area contributed by atoms with E-state index in [9.17, 15) is 9.59 Å². The summed E-state index contributed by atoms with van der Waals surface area (Å²) in [5.74, 6) is -0.765. The van der Waals surface area contributed by atoms with Crippen LogP contribution in [0.2, 0.25) is 0 Å². The summed E-state index contributed by atoms with van der Waals surface area (Å²) < 4.78 is 10.2. The SMILES string of the molecule is COC1=C(OC)C(=O)C(CCCCCCCCCO)C(C)C1=O. The normalized spacial score (nSPS) is 21.7. The van der Waals surface area contributed by atoms with Gasteiger partial charge in [-0.15, -0.1) is 0 Å². The van der Waals surface area contributed by atoms with Crippen molar-refractivity contribution in [1.82, 2.24) is 0 Å². The van der Waals surface area contributed by atoms with E-state index >= 15 is 0 Å². The van der Waals surface area contributed by atoms with Gasteiger partial charge in [0.2, 0.25) is 23.1 Å². The van der Waals surface area contributed by atoms with Crippen molar-refractivity contribution in [3.05, 3.63) is 11.5 Å². The number of carbonyl (C=O) groups excluding carboxylic acids is 2. The highest BCUT2D eigenvalue weighted by molar-refractivity contribution is 6.11. The fourth-order valence-corrected chi connectivity index (χ4v) is 3.14. The Morgan fingerprint density at radius 2 is 1.30 bits per heavy atom. The van der Waals surface area contributed by atoms with E-state index in [0.717, 1.165) is 44.9 Å². The van der Waals surface area contributed by atoms with E-state index in [0.29, 0.717) is 6.42 Å². The maximum atomic E-state index is 12.5. The molecule has 2 atom stereocenters. The van der Waals surface area contributed by atoms with Crippen molar-refractivity contribution in [3.63, 3.8) is 0 Å². The van der Waals surface area contributed by atoms with Crippen molar-refractivity contribution in [3.8, 4) is 0 Å². The number of ketones is 2. The first kappa shape index (κ1) is 19.7. The van der Waals surface area contributed by atoms with Crippen molar-refractivity contribution in [1.29, 1.82) is 0 Å². The van der Waals surface area contributed by atoms with E-state index in [1.54, 1.807) is 6.92 Å². The summed E-state index contributed by atoms with van der Waals surface area (Å²) in [4.78, 5) is 24.8. The van der Waals surface area contributed by atoms with Gasteiger partial charge in [-0.1, -0.05) is 45.4 Å². The number of rotatable bonds is 11. The first-order valence-corrected chi connectivity index (χ1v) is 8.60. The Bertz CT molecular complexity index is 427. The van der Waals surface area contributed by atoms with Gasteiger partial charge in [0.05, 0.1) is 14.2 Å². The molecule has 0 radical (unpaired) electrons. The molecule has 0 bridgehead atoms. The summed E-state index contributed by atoms with van der Waals surface area (Å²) in [6.45, 7) is 2.07. The van der Waals surface area contributed by atoms with E-state index < -0.39 is 0 Å². The van der Waals surface area contributed by atoms with Crippen LogP contribution in [-0.2, 0) is 19.1 Å². The summed E-state index contributed by atoms with van der Waals surface area (Å²) in [6, 6.07) is 0.